The number of carbonyl (C=O) groups is 1. The fraction of sp³-hybridized carbons (Fsp3) is 0.588. The van der Waals surface area contributed by atoms with Crippen molar-refractivity contribution in [2.75, 3.05) is 33.5 Å². The SMILES string of the molecule is CCOC(C)OCC.COc1cc(C=O)ccc1O.OCC(O)CO. The minimum atomic E-state index is -0.954. The first-order valence-electron chi connectivity index (χ1n) is 7.85. The molecule has 1 aromatic carbocycles. The van der Waals surface area contributed by atoms with Crippen molar-refractivity contribution in [3.05, 3.63) is 23.8 Å². The first kappa shape index (κ1) is 25.5. The first-order valence-corrected chi connectivity index (χ1v) is 7.85. The molecule has 0 saturated heterocycles. The molecule has 0 radical (unpaired) electrons. The number of aldehydes is 1. The predicted octanol–water partition coefficient (Wildman–Crippen LogP) is 0.951. The van der Waals surface area contributed by atoms with Crippen molar-refractivity contribution in [1.82, 2.24) is 0 Å². The van der Waals surface area contributed by atoms with Gasteiger partial charge in [0.15, 0.2) is 17.8 Å². The molecular weight excluding hydrogens is 332 g/mol. The Morgan fingerprint density at radius 2 is 1.64 bits per heavy atom. The van der Waals surface area contributed by atoms with Crippen molar-refractivity contribution in [2.45, 2.75) is 33.2 Å². The normalized spacial score (nSPS) is 9.80. The lowest BCUT2D eigenvalue weighted by atomic mass is 10.2. The van der Waals surface area contributed by atoms with Crippen LogP contribution in [0.25, 0.3) is 0 Å². The van der Waals surface area contributed by atoms with E-state index in [-0.39, 0.29) is 25.3 Å². The monoisotopic (exact) mass is 362 g/mol. The van der Waals surface area contributed by atoms with E-state index < -0.39 is 6.10 Å². The van der Waals surface area contributed by atoms with Gasteiger partial charge in [-0.1, -0.05) is 0 Å². The number of methoxy groups -OCH3 is 1. The Hall–Kier alpha value is -1.71. The van der Waals surface area contributed by atoms with Crippen LogP contribution in [0.1, 0.15) is 31.1 Å². The van der Waals surface area contributed by atoms with E-state index in [0.29, 0.717) is 17.6 Å². The molecule has 0 aliphatic carbocycles. The molecule has 1 rings (SSSR count). The molecule has 0 fully saturated rings. The number of rotatable bonds is 8. The van der Waals surface area contributed by atoms with Gasteiger partial charge in [0.2, 0.25) is 0 Å². The quantitative estimate of drug-likeness (QED) is 0.398. The Balaban J connectivity index is 0. The molecular formula is C17H30O8. The van der Waals surface area contributed by atoms with Crippen LogP contribution in [0, 0.1) is 0 Å². The lowest BCUT2D eigenvalue weighted by molar-refractivity contribution is -0.123. The van der Waals surface area contributed by atoms with Crippen molar-refractivity contribution in [3.8, 4) is 11.5 Å². The van der Waals surface area contributed by atoms with Crippen LogP contribution in [-0.4, -0.2) is 72.6 Å². The van der Waals surface area contributed by atoms with Gasteiger partial charge in [0.25, 0.3) is 0 Å². The Morgan fingerprint density at radius 1 is 1.12 bits per heavy atom. The van der Waals surface area contributed by atoms with E-state index >= 15 is 0 Å². The van der Waals surface area contributed by atoms with Gasteiger partial charge in [-0.3, -0.25) is 4.79 Å². The second kappa shape index (κ2) is 17.1. The maximum Gasteiger partial charge on any atom is 0.161 e. The summed E-state index contributed by atoms with van der Waals surface area (Å²) in [5.41, 5.74) is 0.486. The highest BCUT2D eigenvalue weighted by Gasteiger charge is 2.00. The Labute approximate surface area is 148 Å². The lowest BCUT2D eigenvalue weighted by Crippen LogP contribution is -2.15. The van der Waals surface area contributed by atoms with E-state index in [2.05, 4.69) is 0 Å². The van der Waals surface area contributed by atoms with E-state index in [9.17, 15) is 4.79 Å². The highest BCUT2D eigenvalue weighted by Crippen LogP contribution is 2.25. The average Bonchev–Trinajstić information content (AvgIpc) is 2.63. The summed E-state index contributed by atoms with van der Waals surface area (Å²) in [5, 5.41) is 33.1. The van der Waals surface area contributed by atoms with Crippen LogP contribution < -0.4 is 4.74 Å². The first-order chi connectivity index (χ1) is 11.9. The van der Waals surface area contributed by atoms with Crippen LogP contribution in [0.5, 0.6) is 11.5 Å². The van der Waals surface area contributed by atoms with Crippen LogP contribution in [0.15, 0.2) is 18.2 Å². The van der Waals surface area contributed by atoms with Gasteiger partial charge in [0, 0.05) is 18.8 Å². The Bertz CT molecular complexity index is 429. The number of hydrogen-bond donors (Lipinski definition) is 4. The number of aromatic hydroxyl groups is 1. The largest absolute Gasteiger partial charge is 0.504 e. The molecule has 0 bridgehead atoms. The van der Waals surface area contributed by atoms with Crippen LogP contribution in [0.2, 0.25) is 0 Å². The zero-order valence-electron chi connectivity index (χ0n) is 15.2. The van der Waals surface area contributed by atoms with E-state index in [4.69, 9.17) is 34.6 Å². The average molecular weight is 362 g/mol. The highest BCUT2D eigenvalue weighted by molar-refractivity contribution is 5.76. The lowest BCUT2D eigenvalue weighted by Gasteiger charge is -2.09. The van der Waals surface area contributed by atoms with Gasteiger partial charge < -0.3 is 34.6 Å². The number of hydrogen-bond acceptors (Lipinski definition) is 8. The summed E-state index contributed by atoms with van der Waals surface area (Å²) in [6.07, 6.45) is -0.294. The van der Waals surface area contributed by atoms with E-state index in [1.54, 1.807) is 0 Å². The second-order valence-electron chi connectivity index (χ2n) is 4.55. The summed E-state index contributed by atoms with van der Waals surface area (Å²) in [4.78, 5) is 10.2. The number of aliphatic hydroxyl groups is 3. The maximum absolute atomic E-state index is 10.2. The topological polar surface area (TPSA) is 126 Å². The predicted molar refractivity (Wildman–Crippen MR) is 92.9 cm³/mol. The van der Waals surface area contributed by atoms with Crippen molar-refractivity contribution < 1.29 is 39.4 Å². The molecule has 146 valence electrons. The second-order valence-corrected chi connectivity index (χ2v) is 4.55. The molecule has 0 atom stereocenters. The van der Waals surface area contributed by atoms with Crippen molar-refractivity contribution in [1.29, 1.82) is 0 Å². The highest BCUT2D eigenvalue weighted by atomic mass is 16.7. The third-order valence-electron chi connectivity index (χ3n) is 2.56. The smallest absolute Gasteiger partial charge is 0.161 e. The molecule has 0 saturated carbocycles. The summed E-state index contributed by atoms with van der Waals surface area (Å²) in [7, 11) is 1.43. The third kappa shape index (κ3) is 14.3. The molecule has 8 nitrogen and oxygen atoms in total. The standard InChI is InChI=1S/C8H8O3.C6H14O2.C3H8O3/c1-11-8-4-6(5-9)2-3-7(8)10;1-4-7-6(3)8-5-2;4-1-3(6)2-5/h2-5,10H,1H3;6H,4-5H2,1-3H3;3-6H,1-2H2. The molecule has 1 aromatic rings. The molecule has 0 heterocycles. The number of phenolic OH excluding ortho intramolecular Hbond substituents is 1. The minimum Gasteiger partial charge on any atom is -0.504 e. The Morgan fingerprint density at radius 3 is 1.96 bits per heavy atom. The van der Waals surface area contributed by atoms with Crippen molar-refractivity contribution >= 4 is 6.29 Å². The van der Waals surface area contributed by atoms with Crippen molar-refractivity contribution in [2.24, 2.45) is 0 Å². The summed E-state index contributed by atoms with van der Waals surface area (Å²) in [6, 6.07) is 4.41. The number of benzene rings is 1. The van der Waals surface area contributed by atoms with Gasteiger partial charge in [0.05, 0.1) is 20.3 Å². The maximum atomic E-state index is 10.2. The van der Waals surface area contributed by atoms with Gasteiger partial charge in [0.1, 0.15) is 12.4 Å². The number of ether oxygens (including phenoxy) is 3. The molecule has 0 unspecified atom stereocenters. The fourth-order valence-corrected chi connectivity index (χ4v) is 1.34. The summed E-state index contributed by atoms with van der Waals surface area (Å²) in [5.74, 6) is 0.354. The van der Waals surface area contributed by atoms with Gasteiger partial charge in [-0.05, 0) is 39.0 Å². The summed E-state index contributed by atoms with van der Waals surface area (Å²) < 4.78 is 14.9. The molecule has 4 N–H and O–H groups in total. The third-order valence-corrected chi connectivity index (χ3v) is 2.56. The number of aliphatic hydroxyl groups excluding tert-OH is 3. The number of phenols is 1. The van der Waals surface area contributed by atoms with Crippen molar-refractivity contribution in [3.63, 3.8) is 0 Å². The van der Waals surface area contributed by atoms with Gasteiger partial charge >= 0.3 is 0 Å². The van der Waals surface area contributed by atoms with Gasteiger partial charge in [-0.2, -0.15) is 0 Å². The molecule has 8 heteroatoms. The minimum absolute atomic E-state index is 0.0370. The summed E-state index contributed by atoms with van der Waals surface area (Å²) >= 11 is 0. The van der Waals surface area contributed by atoms with E-state index in [1.165, 1.54) is 25.3 Å². The van der Waals surface area contributed by atoms with E-state index in [0.717, 1.165) is 13.2 Å². The van der Waals surface area contributed by atoms with Crippen LogP contribution in [-0.2, 0) is 9.47 Å². The molecule has 0 aliphatic heterocycles. The van der Waals surface area contributed by atoms with Gasteiger partial charge in [-0.25, -0.2) is 0 Å². The Kier molecular flexibility index (Phi) is 17.5. The molecule has 0 aliphatic rings. The number of carbonyl (C=O) groups excluding carboxylic acids is 1. The summed E-state index contributed by atoms with van der Waals surface area (Å²) in [6.45, 7) is 6.52. The van der Waals surface area contributed by atoms with Crippen LogP contribution in [0.3, 0.4) is 0 Å². The zero-order valence-corrected chi connectivity index (χ0v) is 15.2. The fourth-order valence-electron chi connectivity index (χ4n) is 1.34. The molecule has 25 heavy (non-hydrogen) atoms. The van der Waals surface area contributed by atoms with Gasteiger partial charge in [-0.15, -0.1) is 0 Å². The molecule has 0 amide bonds. The van der Waals surface area contributed by atoms with Crippen LogP contribution >= 0.6 is 0 Å². The molecule has 0 aromatic heterocycles. The van der Waals surface area contributed by atoms with Crippen LogP contribution in [0.4, 0.5) is 0 Å². The molecule has 0 spiro atoms. The van der Waals surface area contributed by atoms with E-state index in [1.807, 2.05) is 20.8 Å². The zero-order chi connectivity index (χ0) is 19.7.